The third kappa shape index (κ3) is 4.86. The number of nitrogens with one attached hydrogen (secondary N) is 1. The second-order valence-electron chi connectivity index (χ2n) is 5.11. The summed E-state index contributed by atoms with van der Waals surface area (Å²) >= 11 is 1.57. The summed E-state index contributed by atoms with van der Waals surface area (Å²) in [6, 6.07) is -1.14. The Kier molecular flexibility index (Phi) is 7.15. The monoisotopic (exact) mass is 304 g/mol. The summed E-state index contributed by atoms with van der Waals surface area (Å²) in [4.78, 5) is 24.9. The van der Waals surface area contributed by atoms with E-state index in [1.807, 2.05) is 6.26 Å². The molecule has 0 aromatic rings. The minimum Gasteiger partial charge on any atom is -0.480 e. The van der Waals surface area contributed by atoms with Crippen molar-refractivity contribution in [2.75, 3.05) is 32.2 Å². The second kappa shape index (κ2) is 8.36. The van der Waals surface area contributed by atoms with Crippen molar-refractivity contribution in [3.8, 4) is 0 Å². The molecule has 0 spiro atoms. The van der Waals surface area contributed by atoms with Crippen LogP contribution in [-0.2, 0) is 9.53 Å². The van der Waals surface area contributed by atoms with Crippen LogP contribution >= 0.6 is 11.8 Å². The zero-order valence-corrected chi connectivity index (χ0v) is 13.1. The summed E-state index contributed by atoms with van der Waals surface area (Å²) in [6.07, 6.45) is 3.23. The van der Waals surface area contributed by atoms with Gasteiger partial charge in [-0.15, -0.1) is 0 Å². The quantitative estimate of drug-likeness (QED) is 0.772. The van der Waals surface area contributed by atoms with Crippen LogP contribution in [-0.4, -0.2) is 66.4 Å². The van der Waals surface area contributed by atoms with Gasteiger partial charge in [-0.05, 0) is 30.8 Å². The van der Waals surface area contributed by atoms with E-state index < -0.39 is 12.0 Å². The van der Waals surface area contributed by atoms with Crippen molar-refractivity contribution >= 4 is 23.8 Å². The van der Waals surface area contributed by atoms with Gasteiger partial charge in [-0.1, -0.05) is 6.92 Å². The van der Waals surface area contributed by atoms with Crippen LogP contribution in [0.4, 0.5) is 4.79 Å². The maximum atomic E-state index is 12.1. The maximum absolute atomic E-state index is 12.1. The number of carbonyl (C=O) groups excluding carboxylic acids is 1. The van der Waals surface area contributed by atoms with Crippen LogP contribution in [0.5, 0.6) is 0 Å². The fourth-order valence-electron chi connectivity index (χ4n) is 2.26. The molecule has 0 radical (unpaired) electrons. The lowest BCUT2D eigenvalue weighted by Crippen LogP contribution is -2.53. The molecule has 2 N–H and O–H groups in total. The molecule has 0 aromatic carbocycles. The number of urea groups is 1. The predicted octanol–water partition coefficient (Wildman–Crippen LogP) is 1.26. The molecule has 6 nitrogen and oxygen atoms in total. The van der Waals surface area contributed by atoms with Gasteiger partial charge < -0.3 is 20.1 Å². The molecule has 0 bridgehead atoms. The van der Waals surface area contributed by atoms with Crippen LogP contribution in [0, 0.1) is 5.92 Å². The third-order valence-electron chi connectivity index (χ3n) is 3.69. The van der Waals surface area contributed by atoms with Crippen molar-refractivity contribution in [1.82, 2.24) is 10.2 Å². The molecule has 1 fully saturated rings. The van der Waals surface area contributed by atoms with Crippen LogP contribution in [0.25, 0.3) is 0 Å². The third-order valence-corrected chi connectivity index (χ3v) is 4.33. The number of ether oxygens (including phenoxy) is 1. The fraction of sp³-hybridized carbons (Fsp3) is 0.846. The van der Waals surface area contributed by atoms with Crippen molar-refractivity contribution in [3.63, 3.8) is 0 Å². The van der Waals surface area contributed by atoms with Gasteiger partial charge in [-0.25, -0.2) is 9.59 Å². The highest BCUT2D eigenvalue weighted by atomic mass is 32.2. The summed E-state index contributed by atoms with van der Waals surface area (Å²) in [5, 5.41) is 11.7. The van der Waals surface area contributed by atoms with Gasteiger partial charge >= 0.3 is 12.0 Å². The largest absolute Gasteiger partial charge is 0.480 e. The Morgan fingerprint density at radius 1 is 1.55 bits per heavy atom. The van der Waals surface area contributed by atoms with E-state index in [1.165, 1.54) is 0 Å². The molecule has 3 unspecified atom stereocenters. The van der Waals surface area contributed by atoms with Gasteiger partial charge in [0.05, 0.1) is 6.10 Å². The Hall–Kier alpha value is -0.950. The Bertz CT molecular complexity index is 340. The maximum Gasteiger partial charge on any atom is 0.326 e. The van der Waals surface area contributed by atoms with Gasteiger partial charge in [0.1, 0.15) is 6.04 Å². The number of rotatable bonds is 6. The molecule has 1 aliphatic heterocycles. The molecule has 116 valence electrons. The first-order valence-corrected chi connectivity index (χ1v) is 8.19. The molecule has 0 aliphatic carbocycles. The lowest BCUT2D eigenvalue weighted by Gasteiger charge is -2.36. The minimum atomic E-state index is -0.985. The summed E-state index contributed by atoms with van der Waals surface area (Å²) in [5.74, 6) is 0.131. The molecule has 20 heavy (non-hydrogen) atoms. The smallest absolute Gasteiger partial charge is 0.326 e. The van der Waals surface area contributed by atoms with E-state index in [1.54, 1.807) is 23.8 Å². The highest BCUT2D eigenvalue weighted by molar-refractivity contribution is 7.98. The molecule has 3 atom stereocenters. The molecule has 2 amide bonds. The van der Waals surface area contributed by atoms with Gasteiger partial charge in [0.25, 0.3) is 0 Å². The number of thioether (sulfide) groups is 1. The number of aliphatic carboxylic acids is 1. The highest BCUT2D eigenvalue weighted by Crippen LogP contribution is 2.19. The lowest BCUT2D eigenvalue weighted by atomic mass is 9.96. The van der Waals surface area contributed by atoms with Crippen molar-refractivity contribution in [2.24, 2.45) is 5.92 Å². The van der Waals surface area contributed by atoms with Crippen LogP contribution < -0.4 is 5.32 Å². The van der Waals surface area contributed by atoms with E-state index in [9.17, 15) is 9.59 Å². The number of carboxylic acids is 1. The average molecular weight is 304 g/mol. The molecular formula is C13H24N2O4S. The molecule has 1 aliphatic rings. The number of likely N-dealkylation sites (tertiary alicyclic amines) is 1. The predicted molar refractivity (Wildman–Crippen MR) is 79.1 cm³/mol. The number of methoxy groups -OCH3 is 1. The van der Waals surface area contributed by atoms with Crippen molar-refractivity contribution in [3.05, 3.63) is 0 Å². The van der Waals surface area contributed by atoms with Gasteiger partial charge in [0.15, 0.2) is 0 Å². The number of amides is 2. The number of hydrogen-bond donors (Lipinski definition) is 2. The minimum absolute atomic E-state index is 0.0176. The summed E-state index contributed by atoms with van der Waals surface area (Å²) in [6.45, 7) is 3.25. The number of carboxylic acid groups (broad SMARTS) is 1. The number of piperidine rings is 1. The normalized spacial score (nSPS) is 24.2. The molecule has 1 heterocycles. The Balaban J connectivity index is 2.53. The second-order valence-corrected chi connectivity index (χ2v) is 6.09. The summed E-state index contributed by atoms with van der Waals surface area (Å²) in [5.41, 5.74) is 0. The zero-order chi connectivity index (χ0) is 15.1. The van der Waals surface area contributed by atoms with E-state index in [-0.39, 0.29) is 12.1 Å². The van der Waals surface area contributed by atoms with Crippen molar-refractivity contribution in [2.45, 2.75) is 31.9 Å². The Morgan fingerprint density at radius 3 is 2.80 bits per heavy atom. The lowest BCUT2D eigenvalue weighted by molar-refractivity contribution is -0.139. The topological polar surface area (TPSA) is 78.9 Å². The van der Waals surface area contributed by atoms with Crippen LogP contribution in [0.1, 0.15) is 19.8 Å². The fourth-order valence-corrected chi connectivity index (χ4v) is 2.73. The highest BCUT2D eigenvalue weighted by Gasteiger charge is 2.30. The van der Waals surface area contributed by atoms with E-state index >= 15 is 0 Å². The molecule has 7 heteroatoms. The first kappa shape index (κ1) is 17.1. The molecular weight excluding hydrogens is 280 g/mol. The van der Waals surface area contributed by atoms with Gasteiger partial charge in [-0.2, -0.15) is 11.8 Å². The number of hydrogen-bond acceptors (Lipinski definition) is 4. The van der Waals surface area contributed by atoms with Crippen molar-refractivity contribution in [1.29, 1.82) is 0 Å². The van der Waals surface area contributed by atoms with E-state index in [0.717, 1.165) is 6.42 Å². The van der Waals surface area contributed by atoms with Crippen LogP contribution in [0.3, 0.4) is 0 Å². The van der Waals surface area contributed by atoms with E-state index in [2.05, 4.69) is 12.2 Å². The zero-order valence-electron chi connectivity index (χ0n) is 12.3. The van der Waals surface area contributed by atoms with Crippen LogP contribution in [0.15, 0.2) is 0 Å². The first-order chi connectivity index (χ1) is 9.49. The average Bonchev–Trinajstić information content (AvgIpc) is 2.43. The number of nitrogens with zero attached hydrogens (tertiary/aromatic N) is 1. The van der Waals surface area contributed by atoms with Crippen molar-refractivity contribution < 1.29 is 19.4 Å². The first-order valence-electron chi connectivity index (χ1n) is 6.79. The van der Waals surface area contributed by atoms with Gasteiger partial charge in [0, 0.05) is 20.2 Å². The SMILES string of the molecule is COC1CN(C(=O)NC(CCSC)C(=O)O)CCC1C. The molecule has 0 saturated carbocycles. The Morgan fingerprint density at radius 2 is 2.25 bits per heavy atom. The van der Waals surface area contributed by atoms with E-state index in [0.29, 0.717) is 31.2 Å². The molecule has 0 aromatic heterocycles. The summed E-state index contributed by atoms with van der Waals surface area (Å²) in [7, 11) is 1.64. The Labute approximate surface area is 124 Å². The van der Waals surface area contributed by atoms with Gasteiger partial charge in [-0.3, -0.25) is 0 Å². The van der Waals surface area contributed by atoms with Gasteiger partial charge in [0.2, 0.25) is 0 Å². The molecule has 1 saturated heterocycles. The molecule has 1 rings (SSSR count). The number of carbonyl (C=O) groups is 2. The standard InChI is InChI=1S/C13H24N2O4S/c1-9-4-6-15(8-11(9)19-2)13(18)14-10(12(16)17)5-7-20-3/h9-11H,4-8H2,1-3H3,(H,14,18)(H,16,17). The summed E-state index contributed by atoms with van der Waals surface area (Å²) < 4.78 is 5.36. The van der Waals surface area contributed by atoms with E-state index in [4.69, 9.17) is 9.84 Å². The van der Waals surface area contributed by atoms with Crippen LogP contribution in [0.2, 0.25) is 0 Å².